The van der Waals surface area contributed by atoms with E-state index in [2.05, 4.69) is 10.6 Å². The maximum Gasteiger partial charge on any atom is 0.269 e. The highest BCUT2D eigenvalue weighted by Gasteiger charge is 2.16. The van der Waals surface area contributed by atoms with Gasteiger partial charge < -0.3 is 19.9 Å². The molecule has 0 fully saturated rings. The number of benzene rings is 1. The number of nitrogens with one attached hydrogen (secondary N) is 2. The summed E-state index contributed by atoms with van der Waals surface area (Å²) in [7, 11) is 1.59. The number of nitrogens with zero attached hydrogens (tertiary/aromatic N) is 2. The van der Waals surface area contributed by atoms with Crippen LogP contribution in [-0.4, -0.2) is 36.6 Å². The van der Waals surface area contributed by atoms with Gasteiger partial charge in [-0.2, -0.15) is 5.26 Å². The molecule has 0 bridgehead atoms. The molecule has 1 aromatic heterocycles. The van der Waals surface area contributed by atoms with E-state index in [1.54, 1.807) is 51.3 Å². The smallest absolute Gasteiger partial charge is 0.269 e. The van der Waals surface area contributed by atoms with Crippen molar-refractivity contribution < 1.29 is 14.3 Å². The lowest BCUT2D eigenvalue weighted by atomic mass is 10.1. The quantitative estimate of drug-likeness (QED) is 0.660. The number of rotatable bonds is 8. The van der Waals surface area contributed by atoms with E-state index in [0.29, 0.717) is 42.1 Å². The van der Waals surface area contributed by atoms with E-state index in [9.17, 15) is 14.4 Å². The van der Waals surface area contributed by atoms with E-state index in [1.165, 1.54) is 4.57 Å². The number of anilines is 1. The van der Waals surface area contributed by atoms with E-state index in [4.69, 9.17) is 10.00 Å². The number of aromatic nitrogens is 1. The predicted octanol–water partition coefficient (Wildman–Crippen LogP) is 1.74. The first-order valence-corrected chi connectivity index (χ1v) is 9.16. The van der Waals surface area contributed by atoms with Gasteiger partial charge in [-0.1, -0.05) is 12.1 Å². The number of methoxy groups -OCH3 is 1. The number of pyridine rings is 1. The number of ether oxygens (including phenoxy) is 1. The Morgan fingerprint density at radius 1 is 1.24 bits per heavy atom. The number of amides is 2. The highest BCUT2D eigenvalue weighted by atomic mass is 16.5. The third-order valence-corrected chi connectivity index (χ3v) is 4.37. The fourth-order valence-corrected chi connectivity index (χ4v) is 2.90. The number of para-hydroxylation sites is 1. The Bertz CT molecular complexity index is 1000. The minimum atomic E-state index is -0.510. The largest absolute Gasteiger partial charge is 0.385 e. The number of aryl methyl sites for hydroxylation is 2. The van der Waals surface area contributed by atoms with Crippen molar-refractivity contribution in [3.8, 4) is 6.07 Å². The first kappa shape index (κ1) is 21.9. The molecular formula is C21H24N4O4. The summed E-state index contributed by atoms with van der Waals surface area (Å²) in [5.74, 6) is -0.782. The van der Waals surface area contributed by atoms with Crippen LogP contribution in [0.1, 0.15) is 33.6 Å². The fourth-order valence-electron chi connectivity index (χ4n) is 2.90. The zero-order chi connectivity index (χ0) is 21.4. The van der Waals surface area contributed by atoms with Crippen molar-refractivity contribution in [1.82, 2.24) is 9.88 Å². The van der Waals surface area contributed by atoms with Crippen LogP contribution in [0.5, 0.6) is 0 Å². The molecule has 0 atom stereocenters. The fraction of sp³-hybridized carbons (Fsp3) is 0.333. The summed E-state index contributed by atoms with van der Waals surface area (Å²) in [6.45, 7) is 4.10. The molecule has 0 saturated heterocycles. The van der Waals surface area contributed by atoms with E-state index < -0.39 is 11.5 Å². The molecule has 8 nitrogen and oxygen atoms in total. The topological polar surface area (TPSA) is 113 Å². The molecule has 29 heavy (non-hydrogen) atoms. The summed E-state index contributed by atoms with van der Waals surface area (Å²) in [5, 5.41) is 14.6. The normalized spacial score (nSPS) is 10.3. The van der Waals surface area contributed by atoms with Crippen molar-refractivity contribution in [2.24, 2.45) is 0 Å². The van der Waals surface area contributed by atoms with Gasteiger partial charge in [0, 0.05) is 26.0 Å². The van der Waals surface area contributed by atoms with E-state index in [-0.39, 0.29) is 18.0 Å². The maximum absolute atomic E-state index is 12.5. The molecular weight excluding hydrogens is 372 g/mol. The monoisotopic (exact) mass is 396 g/mol. The van der Waals surface area contributed by atoms with Gasteiger partial charge in [-0.15, -0.1) is 0 Å². The molecule has 0 aliphatic heterocycles. The van der Waals surface area contributed by atoms with Gasteiger partial charge in [-0.25, -0.2) is 0 Å². The number of carbonyl (C=O) groups is 2. The summed E-state index contributed by atoms with van der Waals surface area (Å²) in [5.41, 5.74) is 1.32. The van der Waals surface area contributed by atoms with Crippen molar-refractivity contribution in [3.05, 3.63) is 63.1 Å². The number of nitriles is 1. The maximum atomic E-state index is 12.5. The third kappa shape index (κ3) is 5.53. The SMILES string of the molecule is COCCCNC(=O)c1ccccc1NC(=O)Cn1c(C)cc(C)c(C#N)c1=O. The molecule has 0 aliphatic rings. The predicted molar refractivity (Wildman–Crippen MR) is 109 cm³/mol. The summed E-state index contributed by atoms with van der Waals surface area (Å²) >= 11 is 0. The molecule has 0 radical (unpaired) electrons. The molecule has 2 aromatic rings. The van der Waals surface area contributed by atoms with Crippen LogP contribution < -0.4 is 16.2 Å². The van der Waals surface area contributed by atoms with E-state index >= 15 is 0 Å². The number of carbonyl (C=O) groups excluding carboxylic acids is 2. The lowest BCUT2D eigenvalue weighted by Crippen LogP contribution is -2.32. The summed E-state index contributed by atoms with van der Waals surface area (Å²) in [6.07, 6.45) is 0.674. The Morgan fingerprint density at radius 2 is 1.97 bits per heavy atom. The van der Waals surface area contributed by atoms with Crippen LogP contribution in [0.15, 0.2) is 35.1 Å². The van der Waals surface area contributed by atoms with Crippen LogP contribution in [0.25, 0.3) is 0 Å². The second-order valence-corrected chi connectivity index (χ2v) is 6.54. The van der Waals surface area contributed by atoms with Gasteiger partial charge in [0.2, 0.25) is 5.91 Å². The average Bonchev–Trinajstić information content (AvgIpc) is 2.69. The Labute approximate surface area is 169 Å². The molecule has 152 valence electrons. The average molecular weight is 396 g/mol. The summed E-state index contributed by atoms with van der Waals surface area (Å²) in [6, 6.07) is 10.2. The zero-order valence-electron chi connectivity index (χ0n) is 16.7. The molecule has 8 heteroatoms. The van der Waals surface area contributed by atoms with Crippen molar-refractivity contribution in [3.63, 3.8) is 0 Å². The Kier molecular flexibility index (Phi) is 7.69. The van der Waals surface area contributed by atoms with Crippen LogP contribution in [0.4, 0.5) is 5.69 Å². The second kappa shape index (κ2) is 10.2. The van der Waals surface area contributed by atoms with Crippen molar-refractivity contribution >= 4 is 17.5 Å². The zero-order valence-corrected chi connectivity index (χ0v) is 16.7. The third-order valence-electron chi connectivity index (χ3n) is 4.37. The van der Waals surface area contributed by atoms with Gasteiger partial charge in [0.05, 0.1) is 11.3 Å². The molecule has 2 amide bonds. The van der Waals surface area contributed by atoms with Crippen molar-refractivity contribution in [2.45, 2.75) is 26.8 Å². The highest BCUT2D eigenvalue weighted by molar-refractivity contribution is 6.03. The van der Waals surface area contributed by atoms with Crippen molar-refractivity contribution in [2.75, 3.05) is 25.6 Å². The van der Waals surface area contributed by atoms with Crippen LogP contribution >= 0.6 is 0 Å². The summed E-state index contributed by atoms with van der Waals surface area (Å²) < 4.78 is 6.19. The second-order valence-electron chi connectivity index (χ2n) is 6.54. The lowest BCUT2D eigenvalue weighted by Gasteiger charge is -2.14. The molecule has 0 saturated carbocycles. The number of hydrogen-bond acceptors (Lipinski definition) is 5. The van der Waals surface area contributed by atoms with Gasteiger partial charge in [0.1, 0.15) is 18.2 Å². The highest BCUT2D eigenvalue weighted by Crippen LogP contribution is 2.15. The Hall–Kier alpha value is -3.44. The van der Waals surface area contributed by atoms with Gasteiger partial charge in [-0.05, 0) is 44.0 Å². The first-order valence-electron chi connectivity index (χ1n) is 9.16. The minimum Gasteiger partial charge on any atom is -0.385 e. The molecule has 0 aliphatic carbocycles. The minimum absolute atomic E-state index is 0.0132. The van der Waals surface area contributed by atoms with Crippen LogP contribution in [0.3, 0.4) is 0 Å². The Balaban J connectivity index is 2.16. The van der Waals surface area contributed by atoms with E-state index in [1.807, 2.05) is 6.07 Å². The molecule has 1 heterocycles. The molecule has 1 aromatic carbocycles. The standard InChI is InChI=1S/C21H24N4O4/c1-14-11-15(2)25(21(28)17(14)12-22)13-19(26)24-18-8-5-4-7-16(18)20(27)23-9-6-10-29-3/h4-5,7-8,11H,6,9-10,13H2,1-3H3,(H,23,27)(H,24,26). The van der Waals surface area contributed by atoms with Gasteiger partial charge in [0.15, 0.2) is 0 Å². The molecule has 0 unspecified atom stereocenters. The number of hydrogen-bond donors (Lipinski definition) is 2. The van der Waals surface area contributed by atoms with Gasteiger partial charge in [0.25, 0.3) is 11.5 Å². The molecule has 2 rings (SSSR count). The van der Waals surface area contributed by atoms with Crippen LogP contribution in [0.2, 0.25) is 0 Å². The van der Waals surface area contributed by atoms with Crippen LogP contribution in [0, 0.1) is 25.2 Å². The van der Waals surface area contributed by atoms with Crippen LogP contribution in [-0.2, 0) is 16.1 Å². The molecule has 0 spiro atoms. The van der Waals surface area contributed by atoms with Gasteiger partial charge in [-0.3, -0.25) is 14.4 Å². The van der Waals surface area contributed by atoms with Crippen molar-refractivity contribution in [1.29, 1.82) is 5.26 Å². The molecule has 2 N–H and O–H groups in total. The Morgan fingerprint density at radius 3 is 2.66 bits per heavy atom. The van der Waals surface area contributed by atoms with E-state index in [0.717, 1.165) is 0 Å². The lowest BCUT2D eigenvalue weighted by molar-refractivity contribution is -0.116. The first-order chi connectivity index (χ1) is 13.9. The summed E-state index contributed by atoms with van der Waals surface area (Å²) in [4.78, 5) is 37.4. The van der Waals surface area contributed by atoms with Gasteiger partial charge >= 0.3 is 0 Å².